The Balaban J connectivity index is 2.08. The minimum atomic E-state index is -0.981. The van der Waals surface area contributed by atoms with Crippen molar-refractivity contribution in [1.29, 1.82) is 0 Å². The monoisotopic (exact) mass is 338 g/mol. The van der Waals surface area contributed by atoms with E-state index in [1.807, 2.05) is 30.3 Å². The van der Waals surface area contributed by atoms with E-state index in [0.29, 0.717) is 29.0 Å². The molecular formula is C21H22O4. The smallest absolute Gasteiger partial charge is 0.170 e. The maximum Gasteiger partial charge on any atom is 0.170 e. The number of fused-ring (bicyclic) bond motifs is 1. The molecule has 0 aliphatic carbocycles. The molecule has 0 saturated carbocycles. The summed E-state index contributed by atoms with van der Waals surface area (Å²) in [6, 6.07) is 13.2. The van der Waals surface area contributed by atoms with Crippen molar-refractivity contribution in [2.45, 2.75) is 32.0 Å². The van der Waals surface area contributed by atoms with E-state index in [1.165, 1.54) is 0 Å². The Kier molecular flexibility index (Phi) is 4.64. The third kappa shape index (κ3) is 3.74. The highest BCUT2D eigenvalue weighted by molar-refractivity contribution is 6.01. The zero-order valence-electron chi connectivity index (χ0n) is 14.7. The molecule has 4 nitrogen and oxygen atoms in total. The molecule has 1 unspecified atom stereocenters. The number of Topliss-reactive ketones (excluding diaryl/α,β-unsaturated/α-hetero) is 1. The van der Waals surface area contributed by atoms with Crippen LogP contribution >= 0.6 is 0 Å². The van der Waals surface area contributed by atoms with E-state index in [-0.39, 0.29) is 11.9 Å². The molecule has 0 amide bonds. The molecule has 2 aromatic carbocycles. The first-order chi connectivity index (χ1) is 11.9. The lowest BCUT2D eigenvalue weighted by molar-refractivity contribution is 0.0849. The highest BCUT2D eigenvalue weighted by Crippen LogP contribution is 2.41. The van der Waals surface area contributed by atoms with Crippen molar-refractivity contribution >= 4 is 11.9 Å². The summed E-state index contributed by atoms with van der Waals surface area (Å²) in [5, 5.41) is 9.99. The largest absolute Gasteiger partial charge is 0.496 e. The van der Waals surface area contributed by atoms with Gasteiger partial charge in [-0.05, 0) is 37.6 Å². The normalized spacial score (nSPS) is 17.3. The Morgan fingerprint density at radius 3 is 2.56 bits per heavy atom. The van der Waals surface area contributed by atoms with Crippen LogP contribution in [0.1, 0.15) is 47.9 Å². The molecule has 0 saturated heterocycles. The van der Waals surface area contributed by atoms with Crippen molar-refractivity contribution in [1.82, 2.24) is 0 Å². The standard InChI is InChI=1S/C21H22O4/c1-21(2,23)12-11-16-18(24-3)10-9-15-17(22)13-19(25-20(15)16)14-7-5-4-6-8-14/h4-12,19,23H,13H2,1-3H3/b12-11+. The number of methoxy groups -OCH3 is 1. The summed E-state index contributed by atoms with van der Waals surface area (Å²) in [6.45, 7) is 3.37. The Morgan fingerprint density at radius 1 is 1.20 bits per heavy atom. The lowest BCUT2D eigenvalue weighted by Gasteiger charge is -2.27. The van der Waals surface area contributed by atoms with Crippen LogP contribution in [0.2, 0.25) is 0 Å². The SMILES string of the molecule is COc1ccc2c(c1/C=C/C(C)(C)O)OC(c1ccccc1)CC2=O. The van der Waals surface area contributed by atoms with Gasteiger partial charge in [-0.15, -0.1) is 0 Å². The molecule has 3 rings (SSSR count). The lowest BCUT2D eigenvalue weighted by Crippen LogP contribution is -2.21. The molecule has 0 bridgehead atoms. The summed E-state index contributed by atoms with van der Waals surface area (Å²) in [5.41, 5.74) is 1.19. The van der Waals surface area contributed by atoms with Gasteiger partial charge in [0.1, 0.15) is 17.6 Å². The molecule has 0 spiro atoms. The molecule has 0 radical (unpaired) electrons. The predicted molar refractivity (Wildman–Crippen MR) is 97.1 cm³/mol. The second-order valence-corrected chi connectivity index (χ2v) is 6.69. The quantitative estimate of drug-likeness (QED) is 0.908. The van der Waals surface area contributed by atoms with Gasteiger partial charge in [0.25, 0.3) is 0 Å². The number of hydrogen-bond donors (Lipinski definition) is 1. The van der Waals surface area contributed by atoms with Gasteiger partial charge in [-0.25, -0.2) is 0 Å². The molecule has 1 atom stereocenters. The van der Waals surface area contributed by atoms with Crippen molar-refractivity contribution in [2.24, 2.45) is 0 Å². The minimum absolute atomic E-state index is 0.0377. The van der Waals surface area contributed by atoms with Crippen LogP contribution in [-0.4, -0.2) is 23.6 Å². The van der Waals surface area contributed by atoms with Crippen molar-refractivity contribution in [3.05, 3.63) is 65.2 Å². The Labute approximate surface area is 147 Å². The summed E-state index contributed by atoms with van der Waals surface area (Å²) in [4.78, 5) is 12.6. The van der Waals surface area contributed by atoms with Gasteiger partial charge in [0.15, 0.2) is 5.78 Å². The molecule has 1 aliphatic rings. The zero-order chi connectivity index (χ0) is 18.0. The van der Waals surface area contributed by atoms with Gasteiger partial charge in [0, 0.05) is 0 Å². The molecular weight excluding hydrogens is 316 g/mol. The van der Waals surface area contributed by atoms with Crippen molar-refractivity contribution in [3.8, 4) is 11.5 Å². The van der Waals surface area contributed by atoms with Gasteiger partial charge in [0.05, 0.1) is 30.3 Å². The van der Waals surface area contributed by atoms with Crippen LogP contribution in [0.3, 0.4) is 0 Å². The fourth-order valence-electron chi connectivity index (χ4n) is 2.87. The van der Waals surface area contributed by atoms with E-state index in [1.54, 1.807) is 45.2 Å². The van der Waals surface area contributed by atoms with E-state index in [9.17, 15) is 9.90 Å². The van der Waals surface area contributed by atoms with Crippen LogP contribution in [0.4, 0.5) is 0 Å². The topological polar surface area (TPSA) is 55.8 Å². The second-order valence-electron chi connectivity index (χ2n) is 6.69. The summed E-state index contributed by atoms with van der Waals surface area (Å²) in [5.74, 6) is 1.14. The third-order valence-corrected chi connectivity index (χ3v) is 4.14. The minimum Gasteiger partial charge on any atom is -0.496 e. The maximum absolute atomic E-state index is 12.6. The van der Waals surface area contributed by atoms with E-state index in [0.717, 1.165) is 5.56 Å². The number of carbonyl (C=O) groups is 1. The molecule has 1 heterocycles. The number of ether oxygens (including phenoxy) is 2. The van der Waals surface area contributed by atoms with Gasteiger partial charge < -0.3 is 14.6 Å². The van der Waals surface area contributed by atoms with Crippen LogP contribution in [0.15, 0.2) is 48.5 Å². The summed E-state index contributed by atoms with van der Waals surface area (Å²) in [7, 11) is 1.57. The van der Waals surface area contributed by atoms with E-state index in [2.05, 4.69) is 0 Å². The highest BCUT2D eigenvalue weighted by Gasteiger charge is 2.30. The van der Waals surface area contributed by atoms with Gasteiger partial charge in [-0.2, -0.15) is 0 Å². The molecule has 1 N–H and O–H groups in total. The predicted octanol–water partition coefficient (Wildman–Crippen LogP) is 4.19. The molecule has 0 fully saturated rings. The molecule has 1 aliphatic heterocycles. The first-order valence-electron chi connectivity index (χ1n) is 8.26. The Bertz CT molecular complexity index is 801. The van der Waals surface area contributed by atoms with E-state index >= 15 is 0 Å². The number of rotatable bonds is 4. The number of carbonyl (C=O) groups excluding carboxylic acids is 1. The van der Waals surface area contributed by atoms with Gasteiger partial charge in [-0.1, -0.05) is 36.4 Å². The molecule has 25 heavy (non-hydrogen) atoms. The van der Waals surface area contributed by atoms with E-state index in [4.69, 9.17) is 9.47 Å². The molecule has 130 valence electrons. The number of benzene rings is 2. The maximum atomic E-state index is 12.6. The third-order valence-electron chi connectivity index (χ3n) is 4.14. The average molecular weight is 338 g/mol. The fourth-order valence-corrected chi connectivity index (χ4v) is 2.87. The fraction of sp³-hybridized carbons (Fsp3) is 0.286. The highest BCUT2D eigenvalue weighted by atomic mass is 16.5. The van der Waals surface area contributed by atoms with Crippen molar-refractivity contribution < 1.29 is 19.4 Å². The molecule has 4 heteroatoms. The number of aliphatic hydroxyl groups is 1. The zero-order valence-corrected chi connectivity index (χ0v) is 14.7. The number of hydrogen-bond acceptors (Lipinski definition) is 4. The van der Waals surface area contributed by atoms with E-state index < -0.39 is 5.60 Å². The summed E-state index contributed by atoms with van der Waals surface area (Å²) < 4.78 is 11.6. The summed E-state index contributed by atoms with van der Waals surface area (Å²) >= 11 is 0. The molecule has 0 aromatic heterocycles. The first-order valence-corrected chi connectivity index (χ1v) is 8.26. The van der Waals surface area contributed by atoms with Crippen LogP contribution in [0, 0.1) is 0 Å². The number of ketones is 1. The van der Waals surface area contributed by atoms with Gasteiger partial charge >= 0.3 is 0 Å². The molecule has 2 aromatic rings. The van der Waals surface area contributed by atoms with Crippen LogP contribution in [0.25, 0.3) is 6.08 Å². The second kappa shape index (κ2) is 6.73. The first kappa shape index (κ1) is 17.2. The van der Waals surface area contributed by atoms with Gasteiger partial charge in [0.2, 0.25) is 0 Å². The Morgan fingerprint density at radius 2 is 1.92 bits per heavy atom. The van der Waals surface area contributed by atoms with Crippen molar-refractivity contribution in [3.63, 3.8) is 0 Å². The lowest BCUT2D eigenvalue weighted by atomic mass is 9.93. The van der Waals surface area contributed by atoms with Crippen LogP contribution in [-0.2, 0) is 0 Å². The summed E-state index contributed by atoms with van der Waals surface area (Å²) in [6.07, 6.45) is 3.38. The Hall–Kier alpha value is -2.59. The average Bonchev–Trinajstić information content (AvgIpc) is 2.59. The van der Waals surface area contributed by atoms with Crippen LogP contribution in [0.5, 0.6) is 11.5 Å². The van der Waals surface area contributed by atoms with Crippen LogP contribution < -0.4 is 9.47 Å². The van der Waals surface area contributed by atoms with Gasteiger partial charge in [-0.3, -0.25) is 4.79 Å². The van der Waals surface area contributed by atoms with Crippen molar-refractivity contribution in [2.75, 3.05) is 7.11 Å².